The first kappa shape index (κ1) is 15.1. The summed E-state index contributed by atoms with van der Waals surface area (Å²) in [4.78, 5) is 9.31. The van der Waals surface area contributed by atoms with Gasteiger partial charge in [0, 0.05) is 18.9 Å². The highest BCUT2D eigenvalue weighted by molar-refractivity contribution is 5.84. The van der Waals surface area contributed by atoms with Crippen LogP contribution in [0.25, 0.3) is 29.0 Å². The third-order valence-electron chi connectivity index (χ3n) is 4.07. The summed E-state index contributed by atoms with van der Waals surface area (Å²) in [7, 11) is 1.91. The second kappa shape index (κ2) is 6.61. The molecule has 0 radical (unpaired) electrons. The van der Waals surface area contributed by atoms with Crippen molar-refractivity contribution in [3.63, 3.8) is 0 Å². The summed E-state index contributed by atoms with van der Waals surface area (Å²) >= 11 is 0. The van der Waals surface area contributed by atoms with E-state index in [9.17, 15) is 0 Å². The minimum absolute atomic E-state index is 0.853. The average molecular weight is 326 g/mol. The van der Waals surface area contributed by atoms with E-state index in [1.165, 1.54) is 0 Å². The summed E-state index contributed by atoms with van der Waals surface area (Å²) in [5, 5.41) is 3.16. The molecule has 4 heteroatoms. The lowest BCUT2D eigenvalue weighted by Crippen LogP contribution is -1.99. The minimum atomic E-state index is 0.853. The standard InChI is InChI=1S/C21H18N4/c1-22-17-11-12-19-18(15-17)24-21(13-10-16-7-3-2-4-8-16)25(19)20-9-5-6-14-23-20/h2-15,22H,1H3. The van der Waals surface area contributed by atoms with Gasteiger partial charge in [0.1, 0.15) is 11.6 Å². The smallest absolute Gasteiger partial charge is 0.139 e. The molecule has 25 heavy (non-hydrogen) atoms. The number of nitrogens with one attached hydrogen (secondary N) is 1. The van der Waals surface area contributed by atoms with Crippen LogP contribution in [0.2, 0.25) is 0 Å². The number of nitrogens with zero attached hydrogens (tertiary/aromatic N) is 3. The zero-order valence-electron chi connectivity index (χ0n) is 13.9. The summed E-state index contributed by atoms with van der Waals surface area (Å²) < 4.78 is 2.08. The van der Waals surface area contributed by atoms with Gasteiger partial charge in [-0.1, -0.05) is 42.5 Å². The van der Waals surface area contributed by atoms with Crippen LogP contribution in [-0.4, -0.2) is 21.6 Å². The van der Waals surface area contributed by atoms with Gasteiger partial charge in [-0.25, -0.2) is 9.97 Å². The van der Waals surface area contributed by atoms with E-state index in [1.807, 2.05) is 55.6 Å². The molecule has 0 aliphatic rings. The van der Waals surface area contributed by atoms with Crippen molar-refractivity contribution in [2.24, 2.45) is 0 Å². The zero-order chi connectivity index (χ0) is 17.1. The second-order valence-corrected chi connectivity index (χ2v) is 5.69. The first-order valence-corrected chi connectivity index (χ1v) is 8.20. The first-order valence-electron chi connectivity index (χ1n) is 8.20. The van der Waals surface area contributed by atoms with Crippen molar-refractivity contribution < 1.29 is 0 Å². The molecule has 4 rings (SSSR count). The highest BCUT2D eigenvalue weighted by Crippen LogP contribution is 2.24. The lowest BCUT2D eigenvalue weighted by Gasteiger charge is -2.06. The van der Waals surface area contributed by atoms with Gasteiger partial charge in [-0.05, 0) is 42.0 Å². The van der Waals surface area contributed by atoms with Gasteiger partial charge >= 0.3 is 0 Å². The Hall–Kier alpha value is -3.40. The number of imidazole rings is 1. The molecule has 0 spiro atoms. The topological polar surface area (TPSA) is 42.7 Å². The molecule has 4 nitrogen and oxygen atoms in total. The molecule has 122 valence electrons. The molecular weight excluding hydrogens is 308 g/mol. The Bertz CT molecular complexity index is 1020. The summed E-state index contributed by atoms with van der Waals surface area (Å²) in [5.74, 6) is 1.71. The van der Waals surface area contributed by atoms with E-state index >= 15 is 0 Å². The van der Waals surface area contributed by atoms with Crippen LogP contribution in [-0.2, 0) is 0 Å². The monoisotopic (exact) mass is 326 g/mol. The summed E-state index contributed by atoms with van der Waals surface area (Å²) in [5.41, 5.74) is 4.14. The van der Waals surface area contributed by atoms with Gasteiger partial charge < -0.3 is 5.32 Å². The average Bonchev–Trinajstić information content (AvgIpc) is 3.05. The van der Waals surface area contributed by atoms with Crippen LogP contribution in [0, 0.1) is 0 Å². The first-order chi connectivity index (χ1) is 12.3. The third kappa shape index (κ3) is 3.02. The molecule has 0 aliphatic heterocycles. The maximum atomic E-state index is 4.81. The highest BCUT2D eigenvalue weighted by Gasteiger charge is 2.11. The lowest BCUT2D eigenvalue weighted by molar-refractivity contribution is 1.01. The van der Waals surface area contributed by atoms with Crippen molar-refractivity contribution in [3.8, 4) is 5.82 Å². The minimum Gasteiger partial charge on any atom is -0.388 e. The molecule has 0 aliphatic carbocycles. The molecule has 2 aromatic heterocycles. The van der Waals surface area contributed by atoms with Gasteiger partial charge in [0.05, 0.1) is 11.0 Å². The van der Waals surface area contributed by atoms with Gasteiger partial charge in [-0.2, -0.15) is 0 Å². The Kier molecular flexibility index (Phi) is 4.01. The third-order valence-corrected chi connectivity index (χ3v) is 4.07. The number of benzene rings is 2. The molecule has 0 unspecified atom stereocenters. The molecule has 0 fully saturated rings. The number of hydrogen-bond donors (Lipinski definition) is 1. The van der Waals surface area contributed by atoms with E-state index in [-0.39, 0.29) is 0 Å². The number of fused-ring (bicyclic) bond motifs is 1. The number of anilines is 1. The second-order valence-electron chi connectivity index (χ2n) is 5.69. The maximum Gasteiger partial charge on any atom is 0.139 e. The van der Waals surface area contributed by atoms with Crippen molar-refractivity contribution in [3.05, 3.63) is 84.3 Å². The van der Waals surface area contributed by atoms with Crippen molar-refractivity contribution in [2.75, 3.05) is 12.4 Å². The Morgan fingerprint density at radius 3 is 2.52 bits per heavy atom. The Morgan fingerprint density at radius 1 is 0.920 bits per heavy atom. The molecule has 0 bridgehead atoms. The fourth-order valence-electron chi connectivity index (χ4n) is 2.83. The van der Waals surface area contributed by atoms with Gasteiger partial charge in [0.25, 0.3) is 0 Å². The van der Waals surface area contributed by atoms with Crippen LogP contribution < -0.4 is 5.32 Å². The van der Waals surface area contributed by atoms with Crippen LogP contribution in [0.1, 0.15) is 11.4 Å². The predicted molar refractivity (Wildman–Crippen MR) is 104 cm³/mol. The van der Waals surface area contributed by atoms with E-state index in [0.29, 0.717) is 0 Å². The van der Waals surface area contributed by atoms with Gasteiger partial charge in [-0.3, -0.25) is 4.57 Å². The van der Waals surface area contributed by atoms with Crippen LogP contribution >= 0.6 is 0 Å². The number of rotatable bonds is 4. The van der Waals surface area contributed by atoms with Crippen molar-refractivity contribution in [1.29, 1.82) is 0 Å². The zero-order valence-corrected chi connectivity index (χ0v) is 13.9. The van der Waals surface area contributed by atoms with Crippen molar-refractivity contribution in [2.45, 2.75) is 0 Å². The normalized spacial score (nSPS) is 11.2. The van der Waals surface area contributed by atoms with E-state index in [2.05, 4.69) is 45.2 Å². The number of hydrogen-bond acceptors (Lipinski definition) is 3. The Labute approximate surface area is 146 Å². The van der Waals surface area contributed by atoms with Crippen LogP contribution in [0.3, 0.4) is 0 Å². The molecule has 0 saturated carbocycles. The maximum absolute atomic E-state index is 4.81. The SMILES string of the molecule is CNc1ccc2c(c1)nc(C=Cc1ccccc1)n2-c1ccccn1. The molecule has 2 heterocycles. The molecule has 2 aromatic carbocycles. The largest absolute Gasteiger partial charge is 0.388 e. The van der Waals surface area contributed by atoms with E-state index < -0.39 is 0 Å². The van der Waals surface area contributed by atoms with Gasteiger partial charge in [-0.15, -0.1) is 0 Å². The van der Waals surface area contributed by atoms with Crippen molar-refractivity contribution >= 4 is 28.9 Å². The van der Waals surface area contributed by atoms with Crippen molar-refractivity contribution in [1.82, 2.24) is 14.5 Å². The van der Waals surface area contributed by atoms with E-state index in [1.54, 1.807) is 6.20 Å². The van der Waals surface area contributed by atoms with E-state index in [4.69, 9.17) is 4.98 Å². The van der Waals surface area contributed by atoms with Crippen LogP contribution in [0.4, 0.5) is 5.69 Å². The molecule has 0 atom stereocenters. The quantitative estimate of drug-likeness (QED) is 0.594. The fraction of sp³-hybridized carbons (Fsp3) is 0.0476. The van der Waals surface area contributed by atoms with E-state index in [0.717, 1.165) is 33.9 Å². The van der Waals surface area contributed by atoms with Crippen LogP contribution in [0.5, 0.6) is 0 Å². The Balaban J connectivity index is 1.88. The summed E-state index contributed by atoms with van der Waals surface area (Å²) in [6, 6.07) is 22.3. The predicted octanol–water partition coefficient (Wildman–Crippen LogP) is 4.63. The van der Waals surface area contributed by atoms with Crippen LogP contribution in [0.15, 0.2) is 72.9 Å². The number of aromatic nitrogens is 3. The molecule has 1 N–H and O–H groups in total. The molecule has 0 amide bonds. The summed E-state index contributed by atoms with van der Waals surface area (Å²) in [6.45, 7) is 0. The molecular formula is C21H18N4. The summed E-state index contributed by atoms with van der Waals surface area (Å²) in [6.07, 6.45) is 5.90. The fourth-order valence-corrected chi connectivity index (χ4v) is 2.83. The van der Waals surface area contributed by atoms with Gasteiger partial charge in [0.15, 0.2) is 0 Å². The highest BCUT2D eigenvalue weighted by atomic mass is 15.1. The van der Waals surface area contributed by atoms with Gasteiger partial charge in [0.2, 0.25) is 0 Å². The number of pyridine rings is 1. The Morgan fingerprint density at radius 2 is 1.76 bits per heavy atom. The molecule has 0 saturated heterocycles. The lowest BCUT2D eigenvalue weighted by atomic mass is 10.2. The molecule has 4 aromatic rings.